The van der Waals surface area contributed by atoms with E-state index in [9.17, 15) is 13.2 Å². The molecule has 0 unspecified atom stereocenters. The Hall–Kier alpha value is -2.66. The van der Waals surface area contributed by atoms with Crippen LogP contribution in [0.5, 0.6) is 0 Å². The molecular weight excluding hydrogens is 424 g/mol. The number of likely N-dealkylation sites (tertiary alicyclic amines) is 1. The van der Waals surface area contributed by atoms with Crippen LogP contribution in [0.25, 0.3) is 11.4 Å². The molecule has 1 aliphatic heterocycles. The molecule has 1 aromatic carbocycles. The number of aromatic nitrogens is 2. The van der Waals surface area contributed by atoms with Crippen molar-refractivity contribution >= 4 is 21.6 Å². The number of amides is 1. The average Bonchev–Trinajstić information content (AvgIpc) is 3.13. The molecule has 0 aliphatic carbocycles. The Bertz CT molecular complexity index is 1040. The summed E-state index contributed by atoms with van der Waals surface area (Å²) >= 11 is 0. The Kier molecular flexibility index (Phi) is 6.56. The van der Waals surface area contributed by atoms with Crippen LogP contribution in [-0.2, 0) is 25.9 Å². The van der Waals surface area contributed by atoms with E-state index in [1.165, 1.54) is 12.1 Å². The fourth-order valence-corrected chi connectivity index (χ4v) is 3.98. The van der Waals surface area contributed by atoms with Gasteiger partial charge in [-0.1, -0.05) is 5.16 Å². The normalized spacial score (nSPS) is 15.8. The maximum atomic E-state index is 12.1. The fraction of sp³-hybridized carbons (Fsp3) is 0.550. The molecule has 2 N–H and O–H groups in total. The van der Waals surface area contributed by atoms with Gasteiger partial charge in [0.05, 0.1) is 16.7 Å². The van der Waals surface area contributed by atoms with Crippen molar-refractivity contribution in [3.05, 3.63) is 24.1 Å². The van der Waals surface area contributed by atoms with E-state index in [1.54, 1.807) is 11.0 Å². The number of nitrogens with zero attached hydrogens (tertiary/aromatic N) is 3. The minimum absolute atomic E-state index is 0.0290. The Morgan fingerprint density at radius 3 is 2.55 bits per heavy atom. The molecule has 1 aliphatic rings. The Labute approximate surface area is 181 Å². The van der Waals surface area contributed by atoms with Crippen LogP contribution in [0.15, 0.2) is 27.6 Å². The van der Waals surface area contributed by atoms with Crippen LogP contribution >= 0.6 is 0 Å². The number of carbonyl (C=O) groups is 1. The van der Waals surface area contributed by atoms with E-state index in [2.05, 4.69) is 10.1 Å². The second-order valence-corrected chi connectivity index (χ2v) is 10.5. The van der Waals surface area contributed by atoms with Crippen molar-refractivity contribution in [2.75, 3.05) is 25.1 Å². The van der Waals surface area contributed by atoms with Crippen LogP contribution < -0.4 is 5.73 Å². The molecule has 0 saturated carbocycles. The standard InChI is InChI=1S/C20H28N4O6S/c1-20(2,3)29-19(25)24-9-7-14(8-10-24)28-12-17-22-18(23-30-17)13-5-6-16(15(21)11-13)31(4,26)27/h5-6,11,14H,7-10,12,21H2,1-4H3. The van der Waals surface area contributed by atoms with Gasteiger partial charge in [0.1, 0.15) is 12.2 Å². The van der Waals surface area contributed by atoms with E-state index in [1.807, 2.05) is 20.8 Å². The number of anilines is 1. The predicted octanol–water partition coefficient (Wildman–Crippen LogP) is 2.64. The summed E-state index contributed by atoms with van der Waals surface area (Å²) < 4.78 is 39.8. The smallest absolute Gasteiger partial charge is 0.410 e. The van der Waals surface area contributed by atoms with Gasteiger partial charge in [0, 0.05) is 24.9 Å². The molecular formula is C20H28N4O6S. The molecule has 1 fully saturated rings. The number of benzene rings is 1. The molecule has 0 spiro atoms. The number of hydrogen-bond donors (Lipinski definition) is 1. The van der Waals surface area contributed by atoms with Crippen molar-refractivity contribution in [3.63, 3.8) is 0 Å². The van der Waals surface area contributed by atoms with Crippen LogP contribution in [0, 0.1) is 0 Å². The highest BCUT2D eigenvalue weighted by atomic mass is 32.2. The highest BCUT2D eigenvalue weighted by Crippen LogP contribution is 2.25. The Morgan fingerprint density at radius 1 is 1.29 bits per heavy atom. The summed E-state index contributed by atoms with van der Waals surface area (Å²) in [5.41, 5.74) is 6.00. The number of piperidine rings is 1. The van der Waals surface area contributed by atoms with Crippen molar-refractivity contribution < 1.29 is 27.2 Å². The van der Waals surface area contributed by atoms with Gasteiger partial charge in [0.25, 0.3) is 5.89 Å². The van der Waals surface area contributed by atoms with E-state index in [-0.39, 0.29) is 29.4 Å². The van der Waals surface area contributed by atoms with Gasteiger partial charge in [-0.15, -0.1) is 0 Å². The summed E-state index contributed by atoms with van der Waals surface area (Å²) in [7, 11) is -3.41. The first-order chi connectivity index (χ1) is 14.4. The van der Waals surface area contributed by atoms with E-state index < -0.39 is 15.4 Å². The third-order valence-electron chi connectivity index (χ3n) is 4.67. The second kappa shape index (κ2) is 8.83. The van der Waals surface area contributed by atoms with Crippen LogP contribution in [0.4, 0.5) is 10.5 Å². The first kappa shape index (κ1) is 23.0. The van der Waals surface area contributed by atoms with Crippen molar-refractivity contribution in [2.45, 2.75) is 56.8 Å². The molecule has 10 nitrogen and oxygen atoms in total. The number of carbonyl (C=O) groups excluding carboxylic acids is 1. The minimum Gasteiger partial charge on any atom is -0.444 e. The lowest BCUT2D eigenvalue weighted by molar-refractivity contribution is -0.0231. The first-order valence-electron chi connectivity index (χ1n) is 9.94. The number of ether oxygens (including phenoxy) is 2. The molecule has 0 atom stereocenters. The topological polar surface area (TPSA) is 138 Å². The number of nitrogen functional groups attached to an aromatic ring is 1. The number of nitrogens with two attached hydrogens (primary N) is 1. The van der Waals surface area contributed by atoms with Gasteiger partial charge in [-0.3, -0.25) is 0 Å². The zero-order chi connectivity index (χ0) is 22.8. The third-order valence-corrected chi connectivity index (χ3v) is 5.84. The Morgan fingerprint density at radius 2 is 1.97 bits per heavy atom. The van der Waals surface area contributed by atoms with Crippen molar-refractivity contribution in [3.8, 4) is 11.4 Å². The Balaban J connectivity index is 1.53. The summed E-state index contributed by atoms with van der Waals surface area (Å²) in [6, 6.07) is 4.50. The lowest BCUT2D eigenvalue weighted by Crippen LogP contribution is -2.43. The predicted molar refractivity (Wildman–Crippen MR) is 113 cm³/mol. The van der Waals surface area contributed by atoms with Gasteiger partial charge in [0.15, 0.2) is 9.84 Å². The zero-order valence-electron chi connectivity index (χ0n) is 18.1. The maximum Gasteiger partial charge on any atom is 0.410 e. The third kappa shape index (κ3) is 6.17. The van der Waals surface area contributed by atoms with Gasteiger partial charge in [-0.25, -0.2) is 13.2 Å². The molecule has 170 valence electrons. The van der Waals surface area contributed by atoms with Crippen LogP contribution in [-0.4, -0.2) is 60.6 Å². The second-order valence-electron chi connectivity index (χ2n) is 8.51. The molecule has 2 heterocycles. The zero-order valence-corrected chi connectivity index (χ0v) is 18.9. The summed E-state index contributed by atoms with van der Waals surface area (Å²) in [6.07, 6.45) is 2.13. The average molecular weight is 453 g/mol. The number of rotatable bonds is 5. The molecule has 1 saturated heterocycles. The molecule has 0 radical (unpaired) electrons. The summed E-state index contributed by atoms with van der Waals surface area (Å²) in [5, 5.41) is 3.91. The van der Waals surface area contributed by atoms with E-state index >= 15 is 0 Å². The molecule has 11 heteroatoms. The van der Waals surface area contributed by atoms with Gasteiger partial charge in [-0.2, -0.15) is 4.98 Å². The lowest BCUT2D eigenvalue weighted by atomic mass is 10.1. The molecule has 1 amide bonds. The van der Waals surface area contributed by atoms with E-state index in [0.29, 0.717) is 43.2 Å². The van der Waals surface area contributed by atoms with Crippen molar-refractivity contribution in [1.29, 1.82) is 0 Å². The van der Waals surface area contributed by atoms with Crippen molar-refractivity contribution in [1.82, 2.24) is 15.0 Å². The minimum atomic E-state index is -3.41. The van der Waals surface area contributed by atoms with Gasteiger partial charge >= 0.3 is 6.09 Å². The van der Waals surface area contributed by atoms with Gasteiger partial charge in [0.2, 0.25) is 5.82 Å². The summed E-state index contributed by atoms with van der Waals surface area (Å²) in [6.45, 7) is 6.78. The maximum absolute atomic E-state index is 12.1. The van der Waals surface area contributed by atoms with Crippen molar-refractivity contribution in [2.24, 2.45) is 0 Å². The quantitative estimate of drug-likeness (QED) is 0.678. The SMILES string of the molecule is CC(C)(C)OC(=O)N1CCC(OCc2nc(-c3ccc(S(C)(=O)=O)c(N)c3)no2)CC1. The lowest BCUT2D eigenvalue weighted by Gasteiger charge is -2.33. The molecule has 3 rings (SSSR count). The largest absolute Gasteiger partial charge is 0.444 e. The number of hydrogen-bond acceptors (Lipinski definition) is 9. The summed E-state index contributed by atoms with van der Waals surface area (Å²) in [4.78, 5) is 18.2. The highest BCUT2D eigenvalue weighted by Gasteiger charge is 2.27. The van der Waals surface area contributed by atoms with Crippen LogP contribution in [0.2, 0.25) is 0 Å². The van der Waals surface area contributed by atoms with Gasteiger partial charge < -0.3 is 24.6 Å². The highest BCUT2D eigenvalue weighted by molar-refractivity contribution is 7.90. The van der Waals surface area contributed by atoms with Crippen LogP contribution in [0.1, 0.15) is 39.5 Å². The fourth-order valence-electron chi connectivity index (χ4n) is 3.18. The molecule has 31 heavy (non-hydrogen) atoms. The van der Waals surface area contributed by atoms with Crippen LogP contribution in [0.3, 0.4) is 0 Å². The monoisotopic (exact) mass is 452 g/mol. The summed E-state index contributed by atoms with van der Waals surface area (Å²) in [5.74, 6) is 0.598. The van der Waals surface area contributed by atoms with E-state index in [0.717, 1.165) is 6.26 Å². The number of sulfone groups is 1. The first-order valence-corrected chi connectivity index (χ1v) is 11.8. The molecule has 0 bridgehead atoms. The van der Waals surface area contributed by atoms with Gasteiger partial charge in [-0.05, 0) is 51.8 Å². The van der Waals surface area contributed by atoms with E-state index in [4.69, 9.17) is 19.7 Å². The molecule has 2 aromatic rings. The molecule has 1 aromatic heterocycles.